The topological polar surface area (TPSA) is 49.3 Å². The molecule has 0 aromatic heterocycles. The number of rotatable bonds is 4. The van der Waals surface area contributed by atoms with Crippen molar-refractivity contribution in [3.8, 4) is 0 Å². The second kappa shape index (κ2) is 6.01. The standard InChI is InChI=1S/C15H21NO2/c1-11(10-17)16-15(18)9-12-6-7-13-4-2-3-5-14(13)8-12/h6-8,11,17H,2-5,9-10H2,1H3,(H,16,18). The van der Waals surface area contributed by atoms with Crippen LogP contribution in [0.5, 0.6) is 0 Å². The highest BCUT2D eigenvalue weighted by Gasteiger charge is 2.12. The second-order valence-electron chi connectivity index (χ2n) is 5.14. The average molecular weight is 247 g/mol. The second-order valence-corrected chi connectivity index (χ2v) is 5.14. The Kier molecular flexibility index (Phi) is 4.37. The van der Waals surface area contributed by atoms with Gasteiger partial charge in [0.1, 0.15) is 0 Å². The maximum absolute atomic E-state index is 11.7. The molecule has 1 aliphatic carbocycles. The molecule has 0 heterocycles. The van der Waals surface area contributed by atoms with Gasteiger partial charge in [0.25, 0.3) is 0 Å². The summed E-state index contributed by atoms with van der Waals surface area (Å²) in [6.45, 7) is 1.78. The molecular formula is C15H21NO2. The van der Waals surface area contributed by atoms with Gasteiger partial charge in [-0.15, -0.1) is 0 Å². The fourth-order valence-corrected chi connectivity index (χ4v) is 2.45. The van der Waals surface area contributed by atoms with Gasteiger partial charge in [-0.3, -0.25) is 4.79 Å². The predicted octanol–water partition coefficient (Wildman–Crippen LogP) is 1.60. The van der Waals surface area contributed by atoms with E-state index in [9.17, 15) is 4.79 Å². The Balaban J connectivity index is 1.99. The molecule has 2 rings (SSSR count). The van der Waals surface area contributed by atoms with Gasteiger partial charge < -0.3 is 10.4 Å². The summed E-state index contributed by atoms with van der Waals surface area (Å²) in [5.74, 6) is -0.0210. The highest BCUT2D eigenvalue weighted by atomic mass is 16.3. The molecule has 1 atom stereocenters. The summed E-state index contributed by atoms with van der Waals surface area (Å²) in [7, 11) is 0. The summed E-state index contributed by atoms with van der Waals surface area (Å²) in [5.41, 5.74) is 3.91. The third-order valence-corrected chi connectivity index (χ3v) is 3.46. The van der Waals surface area contributed by atoms with Crippen LogP contribution in [0.3, 0.4) is 0 Å². The fraction of sp³-hybridized carbons (Fsp3) is 0.533. The third-order valence-electron chi connectivity index (χ3n) is 3.46. The van der Waals surface area contributed by atoms with Crippen LogP contribution < -0.4 is 5.32 Å². The minimum Gasteiger partial charge on any atom is -0.394 e. The van der Waals surface area contributed by atoms with Crippen LogP contribution in [0.2, 0.25) is 0 Å². The number of aliphatic hydroxyl groups excluding tert-OH is 1. The Morgan fingerprint density at radius 2 is 2.06 bits per heavy atom. The highest BCUT2D eigenvalue weighted by molar-refractivity contribution is 5.78. The lowest BCUT2D eigenvalue weighted by molar-refractivity contribution is -0.121. The van der Waals surface area contributed by atoms with E-state index in [1.807, 2.05) is 6.07 Å². The molecule has 0 saturated carbocycles. The number of benzene rings is 1. The van der Waals surface area contributed by atoms with Crippen molar-refractivity contribution in [3.05, 3.63) is 34.9 Å². The monoisotopic (exact) mass is 247 g/mol. The Hall–Kier alpha value is -1.35. The van der Waals surface area contributed by atoms with Crippen molar-refractivity contribution < 1.29 is 9.90 Å². The minimum atomic E-state index is -0.171. The van der Waals surface area contributed by atoms with E-state index in [-0.39, 0.29) is 18.6 Å². The van der Waals surface area contributed by atoms with Crippen molar-refractivity contribution in [1.29, 1.82) is 0 Å². The van der Waals surface area contributed by atoms with Gasteiger partial charge >= 0.3 is 0 Å². The van der Waals surface area contributed by atoms with Crippen LogP contribution in [-0.4, -0.2) is 23.7 Å². The van der Waals surface area contributed by atoms with Gasteiger partial charge in [0.05, 0.1) is 13.0 Å². The number of fused-ring (bicyclic) bond motifs is 1. The minimum absolute atomic E-state index is 0.0179. The first kappa shape index (κ1) is 13.1. The van der Waals surface area contributed by atoms with Crippen LogP contribution in [0.1, 0.15) is 36.5 Å². The third kappa shape index (κ3) is 3.33. The molecule has 0 bridgehead atoms. The lowest BCUT2D eigenvalue weighted by atomic mass is 9.90. The normalized spacial score (nSPS) is 15.9. The Morgan fingerprint density at radius 3 is 2.78 bits per heavy atom. The quantitative estimate of drug-likeness (QED) is 0.849. The van der Waals surface area contributed by atoms with E-state index < -0.39 is 0 Å². The van der Waals surface area contributed by atoms with Crippen LogP contribution in [0.15, 0.2) is 18.2 Å². The zero-order valence-electron chi connectivity index (χ0n) is 10.9. The molecule has 0 saturated heterocycles. The molecule has 0 radical (unpaired) electrons. The van der Waals surface area contributed by atoms with Gasteiger partial charge in [-0.05, 0) is 49.3 Å². The predicted molar refractivity (Wildman–Crippen MR) is 71.5 cm³/mol. The van der Waals surface area contributed by atoms with Crippen LogP contribution in [0.25, 0.3) is 0 Å². The van der Waals surface area contributed by atoms with Crippen molar-refractivity contribution in [3.63, 3.8) is 0 Å². The van der Waals surface area contributed by atoms with Gasteiger partial charge in [-0.2, -0.15) is 0 Å². The molecule has 1 amide bonds. The number of carbonyl (C=O) groups is 1. The number of aryl methyl sites for hydroxylation is 2. The summed E-state index contributed by atoms with van der Waals surface area (Å²) < 4.78 is 0. The molecule has 0 fully saturated rings. The molecular weight excluding hydrogens is 226 g/mol. The SMILES string of the molecule is CC(CO)NC(=O)Cc1ccc2c(c1)CCCC2. The highest BCUT2D eigenvalue weighted by Crippen LogP contribution is 2.22. The first-order chi connectivity index (χ1) is 8.69. The number of nitrogens with one attached hydrogen (secondary N) is 1. The van der Waals surface area contributed by atoms with E-state index >= 15 is 0 Å². The van der Waals surface area contributed by atoms with E-state index in [0.29, 0.717) is 6.42 Å². The molecule has 1 aromatic rings. The zero-order valence-corrected chi connectivity index (χ0v) is 10.9. The molecule has 1 aromatic carbocycles. The fourth-order valence-electron chi connectivity index (χ4n) is 2.45. The first-order valence-electron chi connectivity index (χ1n) is 6.70. The molecule has 0 spiro atoms. The van der Waals surface area contributed by atoms with E-state index in [0.717, 1.165) is 12.0 Å². The summed E-state index contributed by atoms with van der Waals surface area (Å²) in [6, 6.07) is 6.20. The lowest BCUT2D eigenvalue weighted by Crippen LogP contribution is -2.36. The molecule has 3 heteroatoms. The van der Waals surface area contributed by atoms with Crippen LogP contribution in [0.4, 0.5) is 0 Å². The lowest BCUT2D eigenvalue weighted by Gasteiger charge is -2.17. The smallest absolute Gasteiger partial charge is 0.224 e. The van der Waals surface area contributed by atoms with E-state index in [2.05, 4.69) is 17.4 Å². The molecule has 3 nitrogen and oxygen atoms in total. The van der Waals surface area contributed by atoms with Crippen molar-refractivity contribution in [1.82, 2.24) is 5.32 Å². The summed E-state index contributed by atoms with van der Waals surface area (Å²) in [4.78, 5) is 11.7. The van der Waals surface area contributed by atoms with Crippen molar-refractivity contribution in [2.75, 3.05) is 6.61 Å². The average Bonchev–Trinajstić information content (AvgIpc) is 2.38. The maximum atomic E-state index is 11.7. The summed E-state index contributed by atoms with van der Waals surface area (Å²) in [6.07, 6.45) is 5.24. The number of carbonyl (C=O) groups excluding carboxylic acids is 1. The van der Waals surface area contributed by atoms with Crippen molar-refractivity contribution >= 4 is 5.91 Å². The van der Waals surface area contributed by atoms with E-state index in [1.54, 1.807) is 6.92 Å². The number of amides is 1. The van der Waals surface area contributed by atoms with Crippen LogP contribution >= 0.6 is 0 Å². The van der Waals surface area contributed by atoms with Crippen molar-refractivity contribution in [2.24, 2.45) is 0 Å². The van der Waals surface area contributed by atoms with Gasteiger partial charge in [0.2, 0.25) is 5.91 Å². The Bertz CT molecular complexity index is 429. The molecule has 98 valence electrons. The Labute approximate surface area is 108 Å². The summed E-state index contributed by atoms with van der Waals surface area (Å²) in [5, 5.41) is 11.7. The number of aliphatic hydroxyl groups is 1. The largest absolute Gasteiger partial charge is 0.394 e. The van der Waals surface area contributed by atoms with Crippen LogP contribution in [-0.2, 0) is 24.1 Å². The van der Waals surface area contributed by atoms with E-state index in [1.165, 1.54) is 30.4 Å². The maximum Gasteiger partial charge on any atom is 0.224 e. The Morgan fingerprint density at radius 1 is 1.33 bits per heavy atom. The number of hydrogen-bond acceptors (Lipinski definition) is 2. The molecule has 1 unspecified atom stereocenters. The van der Waals surface area contributed by atoms with Crippen molar-refractivity contribution in [2.45, 2.75) is 45.1 Å². The van der Waals surface area contributed by atoms with Crippen LogP contribution in [0, 0.1) is 0 Å². The molecule has 0 aliphatic heterocycles. The van der Waals surface area contributed by atoms with Gasteiger partial charge in [0.15, 0.2) is 0 Å². The summed E-state index contributed by atoms with van der Waals surface area (Å²) >= 11 is 0. The van der Waals surface area contributed by atoms with Gasteiger partial charge in [0, 0.05) is 6.04 Å². The van der Waals surface area contributed by atoms with E-state index in [4.69, 9.17) is 5.11 Å². The first-order valence-corrected chi connectivity index (χ1v) is 6.70. The molecule has 18 heavy (non-hydrogen) atoms. The zero-order chi connectivity index (χ0) is 13.0. The van der Waals surface area contributed by atoms with Gasteiger partial charge in [-0.1, -0.05) is 18.2 Å². The van der Waals surface area contributed by atoms with Gasteiger partial charge in [-0.25, -0.2) is 0 Å². The number of hydrogen-bond donors (Lipinski definition) is 2. The molecule has 1 aliphatic rings. The molecule has 2 N–H and O–H groups in total.